The Morgan fingerprint density at radius 3 is 2.65 bits per heavy atom. The Hall–Kier alpha value is -2.10. The Balaban J connectivity index is 2.30. The van der Waals surface area contributed by atoms with Gasteiger partial charge in [0.15, 0.2) is 5.69 Å². The van der Waals surface area contributed by atoms with Gasteiger partial charge in [0.2, 0.25) is 0 Å². The van der Waals surface area contributed by atoms with E-state index in [9.17, 15) is 4.79 Å². The van der Waals surface area contributed by atoms with Crippen LogP contribution in [-0.2, 0) is 17.7 Å². The van der Waals surface area contributed by atoms with Crippen LogP contribution in [0.3, 0.4) is 0 Å². The molecule has 0 spiro atoms. The number of aromatic nitrogens is 2. The Kier molecular flexibility index (Phi) is 4.93. The number of imidazole rings is 1. The highest BCUT2D eigenvalue weighted by atomic mass is 16.5. The molecule has 2 rings (SSSR count). The lowest BCUT2D eigenvalue weighted by Gasteiger charge is -2.09. The fraction of sp³-hybridized carbons (Fsp3) is 0.375. The molecule has 0 amide bonds. The van der Waals surface area contributed by atoms with Gasteiger partial charge in [-0.2, -0.15) is 0 Å². The number of carbonyl (C=O) groups excluding carboxylic acids is 1. The fourth-order valence-electron chi connectivity index (χ4n) is 2.18. The van der Waals surface area contributed by atoms with Gasteiger partial charge in [0.1, 0.15) is 0 Å². The third-order valence-electron chi connectivity index (χ3n) is 3.06. The third-order valence-corrected chi connectivity index (χ3v) is 3.06. The average Bonchev–Trinajstić information content (AvgIpc) is 2.83. The molecule has 0 fully saturated rings. The molecular formula is C16H20N2O2. The summed E-state index contributed by atoms with van der Waals surface area (Å²) in [4.78, 5) is 16.5. The molecule has 4 heteroatoms. The zero-order valence-electron chi connectivity index (χ0n) is 12.0. The quantitative estimate of drug-likeness (QED) is 0.759. The van der Waals surface area contributed by atoms with Crippen LogP contribution in [0, 0.1) is 0 Å². The predicted molar refractivity (Wildman–Crippen MR) is 77.7 cm³/mol. The highest BCUT2D eigenvalue weighted by Gasteiger charge is 2.19. The number of aryl methyl sites for hydroxylation is 1. The standard InChI is InChI=1S/C16H20N2O2/c1-3-8-14-15(16(19)20-4-2)18(12-17-14)11-13-9-6-5-7-10-13/h5-7,9-10,12H,3-4,8,11H2,1-2H3. The molecule has 0 radical (unpaired) electrons. The number of nitrogens with zero attached hydrogens (tertiary/aromatic N) is 2. The molecule has 0 aliphatic carbocycles. The number of rotatable bonds is 6. The first-order chi connectivity index (χ1) is 9.76. The highest BCUT2D eigenvalue weighted by Crippen LogP contribution is 2.14. The summed E-state index contributed by atoms with van der Waals surface area (Å²) < 4.78 is 7.03. The smallest absolute Gasteiger partial charge is 0.356 e. The van der Waals surface area contributed by atoms with E-state index in [-0.39, 0.29) is 5.97 Å². The second kappa shape index (κ2) is 6.89. The number of carbonyl (C=O) groups is 1. The topological polar surface area (TPSA) is 44.1 Å². The zero-order chi connectivity index (χ0) is 14.4. The van der Waals surface area contributed by atoms with Crippen molar-refractivity contribution in [2.45, 2.75) is 33.2 Å². The Bertz CT molecular complexity index is 561. The van der Waals surface area contributed by atoms with E-state index in [2.05, 4.69) is 11.9 Å². The Labute approximate surface area is 119 Å². The van der Waals surface area contributed by atoms with Crippen LogP contribution in [0.15, 0.2) is 36.7 Å². The summed E-state index contributed by atoms with van der Waals surface area (Å²) in [7, 11) is 0. The molecule has 0 bridgehead atoms. The summed E-state index contributed by atoms with van der Waals surface area (Å²) in [5.74, 6) is -0.288. The van der Waals surface area contributed by atoms with Crippen molar-refractivity contribution in [2.75, 3.05) is 6.61 Å². The van der Waals surface area contributed by atoms with Crippen LogP contribution in [0.1, 0.15) is 42.0 Å². The molecule has 0 atom stereocenters. The van der Waals surface area contributed by atoms with Crippen molar-refractivity contribution in [1.29, 1.82) is 0 Å². The lowest BCUT2D eigenvalue weighted by atomic mass is 10.2. The third kappa shape index (κ3) is 3.26. The van der Waals surface area contributed by atoms with Crippen molar-refractivity contribution in [3.63, 3.8) is 0 Å². The Morgan fingerprint density at radius 1 is 1.25 bits per heavy atom. The Morgan fingerprint density at radius 2 is 2.00 bits per heavy atom. The van der Waals surface area contributed by atoms with E-state index in [4.69, 9.17) is 4.74 Å². The fourth-order valence-corrected chi connectivity index (χ4v) is 2.18. The maximum Gasteiger partial charge on any atom is 0.356 e. The summed E-state index contributed by atoms with van der Waals surface area (Å²) in [6.45, 7) is 4.90. The lowest BCUT2D eigenvalue weighted by Crippen LogP contribution is -2.14. The van der Waals surface area contributed by atoms with E-state index in [0.717, 1.165) is 24.1 Å². The van der Waals surface area contributed by atoms with Crippen LogP contribution in [-0.4, -0.2) is 22.1 Å². The summed E-state index contributed by atoms with van der Waals surface area (Å²) in [5.41, 5.74) is 2.54. The highest BCUT2D eigenvalue weighted by molar-refractivity contribution is 5.89. The number of benzene rings is 1. The van der Waals surface area contributed by atoms with Gasteiger partial charge in [0.05, 0.1) is 18.6 Å². The van der Waals surface area contributed by atoms with Crippen LogP contribution in [0.2, 0.25) is 0 Å². The van der Waals surface area contributed by atoms with Crippen molar-refractivity contribution in [2.24, 2.45) is 0 Å². The molecule has 1 heterocycles. The minimum Gasteiger partial charge on any atom is -0.461 e. The number of hydrogen-bond acceptors (Lipinski definition) is 3. The lowest BCUT2D eigenvalue weighted by molar-refractivity contribution is 0.0513. The van der Waals surface area contributed by atoms with Crippen molar-refractivity contribution < 1.29 is 9.53 Å². The summed E-state index contributed by atoms with van der Waals surface area (Å²) in [6.07, 6.45) is 3.47. The van der Waals surface area contributed by atoms with Crippen molar-refractivity contribution in [3.8, 4) is 0 Å². The van der Waals surface area contributed by atoms with Crippen LogP contribution in [0.5, 0.6) is 0 Å². The normalized spacial score (nSPS) is 10.5. The van der Waals surface area contributed by atoms with Crippen LogP contribution in [0.4, 0.5) is 0 Å². The van der Waals surface area contributed by atoms with Gasteiger partial charge in [0.25, 0.3) is 0 Å². The molecule has 106 valence electrons. The first-order valence-electron chi connectivity index (χ1n) is 7.01. The van der Waals surface area contributed by atoms with Gasteiger partial charge >= 0.3 is 5.97 Å². The van der Waals surface area contributed by atoms with Gasteiger partial charge in [-0.15, -0.1) is 0 Å². The van der Waals surface area contributed by atoms with Crippen molar-refractivity contribution in [1.82, 2.24) is 9.55 Å². The van der Waals surface area contributed by atoms with E-state index in [1.807, 2.05) is 41.8 Å². The monoisotopic (exact) mass is 272 g/mol. The minimum absolute atomic E-state index is 0.288. The van der Waals surface area contributed by atoms with Gasteiger partial charge in [-0.1, -0.05) is 43.7 Å². The second-order valence-electron chi connectivity index (χ2n) is 4.62. The number of esters is 1. The second-order valence-corrected chi connectivity index (χ2v) is 4.62. The first-order valence-corrected chi connectivity index (χ1v) is 7.01. The summed E-state index contributed by atoms with van der Waals surface area (Å²) in [5, 5.41) is 0. The largest absolute Gasteiger partial charge is 0.461 e. The molecule has 0 saturated carbocycles. The van der Waals surface area contributed by atoms with Crippen LogP contribution >= 0.6 is 0 Å². The van der Waals surface area contributed by atoms with Crippen LogP contribution < -0.4 is 0 Å². The molecule has 20 heavy (non-hydrogen) atoms. The average molecular weight is 272 g/mol. The van der Waals surface area contributed by atoms with E-state index < -0.39 is 0 Å². The molecular weight excluding hydrogens is 252 g/mol. The predicted octanol–water partition coefficient (Wildman–Crippen LogP) is 3.06. The van der Waals surface area contributed by atoms with Gasteiger partial charge in [0, 0.05) is 6.54 Å². The molecule has 0 saturated heterocycles. The van der Waals surface area contributed by atoms with Gasteiger partial charge in [-0.05, 0) is 18.9 Å². The van der Waals surface area contributed by atoms with E-state index in [0.29, 0.717) is 18.8 Å². The minimum atomic E-state index is -0.288. The zero-order valence-corrected chi connectivity index (χ0v) is 12.0. The maximum absolute atomic E-state index is 12.1. The number of ether oxygens (including phenoxy) is 1. The van der Waals surface area contributed by atoms with E-state index >= 15 is 0 Å². The van der Waals surface area contributed by atoms with Gasteiger partial charge in [-0.3, -0.25) is 0 Å². The maximum atomic E-state index is 12.1. The molecule has 1 aromatic heterocycles. The van der Waals surface area contributed by atoms with Crippen molar-refractivity contribution >= 4 is 5.97 Å². The molecule has 0 aliphatic heterocycles. The first kappa shape index (κ1) is 14.3. The SMILES string of the molecule is CCCc1ncn(Cc2ccccc2)c1C(=O)OCC. The van der Waals surface area contributed by atoms with Gasteiger partial charge < -0.3 is 9.30 Å². The molecule has 1 aromatic carbocycles. The molecule has 0 unspecified atom stereocenters. The molecule has 0 N–H and O–H groups in total. The molecule has 4 nitrogen and oxygen atoms in total. The van der Waals surface area contributed by atoms with Crippen molar-refractivity contribution in [3.05, 3.63) is 53.6 Å². The molecule has 0 aliphatic rings. The molecule has 2 aromatic rings. The van der Waals surface area contributed by atoms with E-state index in [1.165, 1.54) is 0 Å². The van der Waals surface area contributed by atoms with Crippen LogP contribution in [0.25, 0.3) is 0 Å². The van der Waals surface area contributed by atoms with Gasteiger partial charge in [-0.25, -0.2) is 9.78 Å². The number of hydrogen-bond donors (Lipinski definition) is 0. The summed E-state index contributed by atoms with van der Waals surface area (Å²) >= 11 is 0. The van der Waals surface area contributed by atoms with E-state index in [1.54, 1.807) is 6.33 Å². The summed E-state index contributed by atoms with van der Waals surface area (Å²) in [6, 6.07) is 10.0.